The fraction of sp³-hybridized carbons (Fsp3) is 0.444. The molecule has 0 bridgehead atoms. The number of para-hydroxylation sites is 1. The highest BCUT2D eigenvalue weighted by molar-refractivity contribution is 5.98. The summed E-state index contributed by atoms with van der Waals surface area (Å²) >= 11 is 0. The first-order chi connectivity index (χ1) is 16.2. The Morgan fingerprint density at radius 2 is 1.59 bits per heavy atom. The standard InChI is InChI=1S/C27H34N2O5/c1-17-8-6-9-18(2)25(17)28-26(31)21(5)34-27(32)22-12-14-23(15-13-22)33-16-24(30)29-19(3)10-7-11-20(29)4/h6,8-9,12-15,19-21H,7,10-11,16H2,1-5H3,(H,28,31). The number of hydrogen-bond acceptors (Lipinski definition) is 5. The van der Waals surface area contributed by atoms with Crippen LogP contribution in [0.15, 0.2) is 42.5 Å². The van der Waals surface area contributed by atoms with E-state index in [0.29, 0.717) is 11.3 Å². The maximum Gasteiger partial charge on any atom is 0.338 e. The van der Waals surface area contributed by atoms with Gasteiger partial charge >= 0.3 is 5.97 Å². The van der Waals surface area contributed by atoms with E-state index in [4.69, 9.17) is 9.47 Å². The van der Waals surface area contributed by atoms with E-state index in [1.165, 1.54) is 6.92 Å². The fourth-order valence-corrected chi connectivity index (χ4v) is 4.34. The number of piperidine rings is 1. The van der Waals surface area contributed by atoms with Gasteiger partial charge < -0.3 is 19.7 Å². The normalized spacial score (nSPS) is 18.7. The van der Waals surface area contributed by atoms with Crippen molar-refractivity contribution in [2.75, 3.05) is 11.9 Å². The van der Waals surface area contributed by atoms with Crippen LogP contribution in [0.3, 0.4) is 0 Å². The maximum absolute atomic E-state index is 12.6. The minimum absolute atomic E-state index is 0.0353. The van der Waals surface area contributed by atoms with Gasteiger partial charge in [-0.25, -0.2) is 4.79 Å². The number of carbonyl (C=O) groups excluding carboxylic acids is 3. The molecule has 1 N–H and O–H groups in total. The quantitative estimate of drug-likeness (QED) is 0.600. The molecular formula is C27H34N2O5. The van der Waals surface area contributed by atoms with E-state index < -0.39 is 18.0 Å². The van der Waals surface area contributed by atoms with Crippen LogP contribution in [0.25, 0.3) is 0 Å². The van der Waals surface area contributed by atoms with Crippen LogP contribution in [0, 0.1) is 13.8 Å². The molecule has 7 heteroatoms. The average molecular weight is 467 g/mol. The molecule has 0 aliphatic carbocycles. The Hall–Kier alpha value is -3.35. The number of nitrogens with zero attached hydrogens (tertiary/aromatic N) is 1. The van der Waals surface area contributed by atoms with Gasteiger partial charge in [0.05, 0.1) is 5.56 Å². The van der Waals surface area contributed by atoms with Crippen molar-refractivity contribution in [3.8, 4) is 5.75 Å². The van der Waals surface area contributed by atoms with Crippen LogP contribution in [0.2, 0.25) is 0 Å². The van der Waals surface area contributed by atoms with E-state index in [2.05, 4.69) is 19.2 Å². The highest BCUT2D eigenvalue weighted by Crippen LogP contribution is 2.23. The number of benzene rings is 2. The molecule has 0 aromatic heterocycles. The summed E-state index contributed by atoms with van der Waals surface area (Å²) < 4.78 is 11.0. The maximum atomic E-state index is 12.6. The SMILES string of the molecule is Cc1cccc(C)c1NC(=O)C(C)OC(=O)c1ccc(OCC(=O)N2C(C)CCCC2C)cc1. The first kappa shape index (κ1) is 25.3. The smallest absolute Gasteiger partial charge is 0.338 e. The Bertz CT molecular complexity index is 1000. The van der Waals surface area contributed by atoms with E-state index in [9.17, 15) is 14.4 Å². The van der Waals surface area contributed by atoms with Crippen molar-refractivity contribution in [1.82, 2.24) is 4.90 Å². The summed E-state index contributed by atoms with van der Waals surface area (Å²) in [6, 6.07) is 12.5. The van der Waals surface area contributed by atoms with Crippen molar-refractivity contribution >= 4 is 23.5 Å². The van der Waals surface area contributed by atoms with Crippen LogP contribution in [0.5, 0.6) is 5.75 Å². The predicted molar refractivity (Wildman–Crippen MR) is 131 cm³/mol. The van der Waals surface area contributed by atoms with E-state index in [1.54, 1.807) is 24.3 Å². The summed E-state index contributed by atoms with van der Waals surface area (Å²) in [6.07, 6.45) is 2.19. The first-order valence-corrected chi connectivity index (χ1v) is 11.8. The van der Waals surface area contributed by atoms with Gasteiger partial charge in [-0.05, 0) is 89.3 Å². The zero-order valence-corrected chi connectivity index (χ0v) is 20.6. The number of nitrogens with one attached hydrogen (secondary N) is 1. The Balaban J connectivity index is 1.52. The summed E-state index contributed by atoms with van der Waals surface area (Å²) in [5, 5.41) is 2.83. The highest BCUT2D eigenvalue weighted by Gasteiger charge is 2.29. The second kappa shape index (κ2) is 11.2. The lowest BCUT2D eigenvalue weighted by Gasteiger charge is -2.38. The minimum atomic E-state index is -0.964. The lowest BCUT2D eigenvalue weighted by Crippen LogP contribution is -2.49. The summed E-state index contributed by atoms with van der Waals surface area (Å²) in [7, 11) is 0. The monoisotopic (exact) mass is 466 g/mol. The van der Waals surface area contributed by atoms with Crippen LogP contribution >= 0.6 is 0 Å². The Morgan fingerprint density at radius 1 is 1.00 bits per heavy atom. The summed E-state index contributed by atoms with van der Waals surface area (Å²) in [4.78, 5) is 39.5. The molecule has 2 amide bonds. The number of esters is 1. The zero-order valence-electron chi connectivity index (χ0n) is 20.6. The molecule has 1 aliphatic rings. The lowest BCUT2D eigenvalue weighted by molar-refractivity contribution is -0.139. The van der Waals surface area contributed by atoms with Crippen molar-refractivity contribution < 1.29 is 23.9 Å². The Kier molecular flexibility index (Phi) is 8.31. The van der Waals surface area contributed by atoms with Crippen molar-refractivity contribution in [2.24, 2.45) is 0 Å². The van der Waals surface area contributed by atoms with Gasteiger partial charge in [-0.1, -0.05) is 18.2 Å². The van der Waals surface area contributed by atoms with Crippen molar-refractivity contribution in [2.45, 2.75) is 72.1 Å². The van der Waals surface area contributed by atoms with Gasteiger partial charge in [0.2, 0.25) is 0 Å². The fourth-order valence-electron chi connectivity index (χ4n) is 4.34. The summed E-state index contributed by atoms with van der Waals surface area (Å²) in [5.74, 6) is -0.553. The highest BCUT2D eigenvalue weighted by atomic mass is 16.5. The number of aryl methyl sites for hydroxylation is 2. The predicted octanol–water partition coefficient (Wildman–Crippen LogP) is 4.66. The van der Waals surface area contributed by atoms with Gasteiger partial charge in [0.15, 0.2) is 12.7 Å². The summed E-state index contributed by atoms with van der Waals surface area (Å²) in [6.45, 7) is 9.43. The number of amides is 2. The van der Waals surface area contributed by atoms with Crippen molar-refractivity contribution in [3.63, 3.8) is 0 Å². The van der Waals surface area contributed by atoms with Crippen LogP contribution in [-0.4, -0.2) is 47.5 Å². The minimum Gasteiger partial charge on any atom is -0.484 e. The number of hydrogen-bond donors (Lipinski definition) is 1. The van der Waals surface area contributed by atoms with E-state index >= 15 is 0 Å². The molecule has 3 atom stereocenters. The molecule has 1 aliphatic heterocycles. The molecular weight excluding hydrogens is 432 g/mol. The number of ether oxygens (including phenoxy) is 2. The van der Waals surface area contributed by atoms with Crippen molar-refractivity contribution in [3.05, 3.63) is 59.2 Å². The Morgan fingerprint density at radius 3 is 2.18 bits per heavy atom. The zero-order chi connectivity index (χ0) is 24.8. The second-order valence-electron chi connectivity index (χ2n) is 9.05. The average Bonchev–Trinajstić information content (AvgIpc) is 2.80. The van der Waals surface area contributed by atoms with Gasteiger partial charge in [0, 0.05) is 17.8 Å². The molecule has 7 nitrogen and oxygen atoms in total. The van der Waals surface area contributed by atoms with E-state index in [0.717, 1.165) is 36.1 Å². The molecule has 0 saturated carbocycles. The largest absolute Gasteiger partial charge is 0.484 e. The molecule has 3 rings (SSSR count). The van der Waals surface area contributed by atoms with E-state index in [-0.39, 0.29) is 24.6 Å². The molecule has 2 aromatic carbocycles. The third-order valence-electron chi connectivity index (χ3n) is 6.32. The number of rotatable bonds is 7. The third-order valence-corrected chi connectivity index (χ3v) is 6.32. The molecule has 1 saturated heterocycles. The van der Waals surface area contributed by atoms with Gasteiger partial charge in [-0.3, -0.25) is 9.59 Å². The van der Waals surface area contributed by atoms with Gasteiger partial charge in [0.1, 0.15) is 5.75 Å². The molecule has 2 aromatic rings. The second-order valence-corrected chi connectivity index (χ2v) is 9.05. The molecule has 1 heterocycles. The molecule has 0 spiro atoms. The number of carbonyl (C=O) groups is 3. The molecule has 1 fully saturated rings. The Labute approximate surface area is 201 Å². The molecule has 3 unspecified atom stereocenters. The van der Waals surface area contributed by atoms with Gasteiger partial charge in [0.25, 0.3) is 11.8 Å². The van der Waals surface area contributed by atoms with Crippen LogP contribution < -0.4 is 10.1 Å². The van der Waals surface area contributed by atoms with Crippen LogP contribution in [-0.2, 0) is 14.3 Å². The molecule has 0 radical (unpaired) electrons. The lowest BCUT2D eigenvalue weighted by atomic mass is 9.97. The molecule has 182 valence electrons. The first-order valence-electron chi connectivity index (χ1n) is 11.8. The van der Waals surface area contributed by atoms with Gasteiger partial charge in [-0.2, -0.15) is 0 Å². The summed E-state index contributed by atoms with van der Waals surface area (Å²) in [5.41, 5.74) is 2.89. The van der Waals surface area contributed by atoms with Gasteiger partial charge in [-0.15, -0.1) is 0 Å². The molecule has 34 heavy (non-hydrogen) atoms. The van der Waals surface area contributed by atoms with Crippen LogP contribution in [0.4, 0.5) is 5.69 Å². The van der Waals surface area contributed by atoms with E-state index in [1.807, 2.05) is 36.9 Å². The number of likely N-dealkylation sites (tertiary alicyclic amines) is 1. The van der Waals surface area contributed by atoms with Crippen molar-refractivity contribution in [1.29, 1.82) is 0 Å². The van der Waals surface area contributed by atoms with Crippen LogP contribution in [0.1, 0.15) is 61.5 Å². The number of anilines is 1. The topological polar surface area (TPSA) is 84.9 Å². The third kappa shape index (κ3) is 6.16.